The van der Waals surface area contributed by atoms with E-state index in [0.717, 1.165) is 29.7 Å². The number of hydrogen-bond acceptors (Lipinski definition) is 2. The first-order valence-electron chi connectivity index (χ1n) is 8.17. The summed E-state index contributed by atoms with van der Waals surface area (Å²) < 4.78 is 0. The van der Waals surface area contributed by atoms with E-state index in [1.807, 2.05) is 45.9 Å². The van der Waals surface area contributed by atoms with E-state index in [1.54, 1.807) is 0 Å². The Kier molecular flexibility index (Phi) is 5.98. The molecule has 0 aliphatic rings. The molecule has 0 bridgehead atoms. The van der Waals surface area contributed by atoms with Crippen LogP contribution in [0.2, 0.25) is 0 Å². The van der Waals surface area contributed by atoms with Crippen LogP contribution in [0.1, 0.15) is 59.1 Å². The van der Waals surface area contributed by atoms with Crippen LogP contribution in [0.25, 0.3) is 0 Å². The largest absolute Gasteiger partial charge is 0.343 e. The number of benzene rings is 1. The van der Waals surface area contributed by atoms with Gasteiger partial charge in [-0.1, -0.05) is 45.9 Å². The predicted molar refractivity (Wildman–Crippen MR) is 95.5 cm³/mol. The maximum absolute atomic E-state index is 12.3. The molecule has 2 N–H and O–H groups in total. The standard InChI is InChI=1S/C19H30N2O2/c1-8-14-11-9-10-13(2)15(14)20-16(22)17(23)21-19(6,7)12-18(3,4)5/h9-11H,8,12H2,1-7H3,(H,20,22)(H,21,23). The molecule has 128 valence electrons. The Morgan fingerprint density at radius 3 is 2.17 bits per heavy atom. The number of amides is 2. The summed E-state index contributed by atoms with van der Waals surface area (Å²) in [5.41, 5.74) is 2.35. The van der Waals surface area contributed by atoms with Crippen LogP contribution in [-0.2, 0) is 16.0 Å². The van der Waals surface area contributed by atoms with E-state index in [2.05, 4.69) is 31.4 Å². The molecule has 1 aromatic rings. The van der Waals surface area contributed by atoms with Crippen LogP contribution in [0.3, 0.4) is 0 Å². The zero-order valence-corrected chi connectivity index (χ0v) is 15.5. The maximum atomic E-state index is 12.3. The van der Waals surface area contributed by atoms with Crippen LogP contribution in [0.15, 0.2) is 18.2 Å². The molecule has 23 heavy (non-hydrogen) atoms. The molecule has 0 saturated carbocycles. The van der Waals surface area contributed by atoms with Gasteiger partial charge in [0.15, 0.2) is 0 Å². The molecule has 0 spiro atoms. The lowest BCUT2D eigenvalue weighted by Crippen LogP contribution is -2.49. The highest BCUT2D eigenvalue weighted by Crippen LogP contribution is 2.27. The highest BCUT2D eigenvalue weighted by molar-refractivity contribution is 6.40. The monoisotopic (exact) mass is 318 g/mol. The van der Waals surface area contributed by atoms with Gasteiger partial charge in [0.2, 0.25) is 0 Å². The molecule has 4 heteroatoms. The van der Waals surface area contributed by atoms with E-state index < -0.39 is 17.4 Å². The number of nitrogens with one attached hydrogen (secondary N) is 2. The molecule has 0 heterocycles. The van der Waals surface area contributed by atoms with E-state index in [9.17, 15) is 9.59 Å². The van der Waals surface area contributed by atoms with Crippen molar-refractivity contribution >= 4 is 17.5 Å². The van der Waals surface area contributed by atoms with Crippen molar-refractivity contribution in [2.24, 2.45) is 5.41 Å². The molecular formula is C19H30N2O2. The highest BCUT2D eigenvalue weighted by Gasteiger charge is 2.29. The van der Waals surface area contributed by atoms with Crippen molar-refractivity contribution in [3.8, 4) is 0 Å². The van der Waals surface area contributed by atoms with Gasteiger partial charge in [0, 0.05) is 11.2 Å². The van der Waals surface area contributed by atoms with E-state index in [0.29, 0.717) is 0 Å². The van der Waals surface area contributed by atoms with Crippen molar-refractivity contribution < 1.29 is 9.59 Å². The van der Waals surface area contributed by atoms with Gasteiger partial charge >= 0.3 is 11.8 Å². The molecule has 0 unspecified atom stereocenters. The summed E-state index contributed by atoms with van der Waals surface area (Å²) in [7, 11) is 0. The molecule has 4 nitrogen and oxygen atoms in total. The van der Waals surface area contributed by atoms with Crippen molar-refractivity contribution in [2.45, 2.75) is 66.8 Å². The summed E-state index contributed by atoms with van der Waals surface area (Å²) in [6.45, 7) is 14.2. The minimum Gasteiger partial charge on any atom is -0.343 e. The van der Waals surface area contributed by atoms with Gasteiger partial charge in [-0.05, 0) is 50.2 Å². The molecule has 2 amide bonds. The van der Waals surface area contributed by atoms with Gasteiger partial charge in [0.05, 0.1) is 0 Å². The van der Waals surface area contributed by atoms with Crippen molar-refractivity contribution in [3.63, 3.8) is 0 Å². The maximum Gasteiger partial charge on any atom is 0.313 e. The summed E-state index contributed by atoms with van der Waals surface area (Å²) in [6, 6.07) is 5.84. The van der Waals surface area contributed by atoms with Crippen molar-refractivity contribution in [1.82, 2.24) is 5.32 Å². The first-order valence-corrected chi connectivity index (χ1v) is 8.17. The summed E-state index contributed by atoms with van der Waals surface area (Å²) in [5.74, 6) is -1.21. The molecule has 0 radical (unpaired) electrons. The Morgan fingerprint density at radius 2 is 1.65 bits per heavy atom. The average Bonchev–Trinajstić information content (AvgIpc) is 2.37. The summed E-state index contributed by atoms with van der Waals surface area (Å²) in [4.78, 5) is 24.5. The topological polar surface area (TPSA) is 58.2 Å². The number of carbonyl (C=O) groups excluding carboxylic acids is 2. The third-order valence-electron chi connectivity index (χ3n) is 3.61. The Labute approximate surface area is 140 Å². The Morgan fingerprint density at radius 1 is 1.04 bits per heavy atom. The number of carbonyl (C=O) groups is 2. The zero-order chi connectivity index (χ0) is 17.8. The van der Waals surface area contributed by atoms with Crippen LogP contribution >= 0.6 is 0 Å². The zero-order valence-electron chi connectivity index (χ0n) is 15.5. The lowest BCUT2D eigenvalue weighted by molar-refractivity contribution is -0.137. The molecule has 0 saturated heterocycles. The summed E-state index contributed by atoms with van der Waals surface area (Å²) >= 11 is 0. The molecular weight excluding hydrogens is 288 g/mol. The van der Waals surface area contributed by atoms with Gasteiger partial charge in [-0.15, -0.1) is 0 Å². The van der Waals surface area contributed by atoms with E-state index in [-0.39, 0.29) is 5.41 Å². The number of para-hydroxylation sites is 1. The summed E-state index contributed by atoms with van der Waals surface area (Å²) in [5, 5.41) is 5.60. The van der Waals surface area contributed by atoms with Crippen LogP contribution in [0.5, 0.6) is 0 Å². The molecule has 1 rings (SSSR count). The molecule has 1 aromatic carbocycles. The fraction of sp³-hybridized carbons (Fsp3) is 0.579. The van der Waals surface area contributed by atoms with Crippen LogP contribution in [-0.4, -0.2) is 17.4 Å². The number of aryl methyl sites for hydroxylation is 2. The smallest absolute Gasteiger partial charge is 0.313 e. The van der Waals surface area contributed by atoms with Crippen LogP contribution < -0.4 is 10.6 Å². The van der Waals surface area contributed by atoms with E-state index in [1.165, 1.54) is 0 Å². The van der Waals surface area contributed by atoms with Crippen molar-refractivity contribution in [3.05, 3.63) is 29.3 Å². The van der Waals surface area contributed by atoms with E-state index in [4.69, 9.17) is 0 Å². The normalized spacial score (nSPS) is 12.0. The Balaban J connectivity index is 2.81. The Bertz CT molecular complexity index is 584. The minimum atomic E-state index is -0.615. The fourth-order valence-corrected chi connectivity index (χ4v) is 3.11. The van der Waals surface area contributed by atoms with Gasteiger partial charge in [0.1, 0.15) is 0 Å². The van der Waals surface area contributed by atoms with Gasteiger partial charge < -0.3 is 10.6 Å². The lowest BCUT2D eigenvalue weighted by Gasteiger charge is -2.33. The van der Waals surface area contributed by atoms with Crippen LogP contribution in [0, 0.1) is 12.3 Å². The molecule has 0 atom stereocenters. The van der Waals surface area contributed by atoms with Gasteiger partial charge in [-0.2, -0.15) is 0 Å². The van der Waals surface area contributed by atoms with Crippen molar-refractivity contribution in [2.75, 3.05) is 5.32 Å². The fourth-order valence-electron chi connectivity index (χ4n) is 3.11. The molecule has 0 aliphatic heterocycles. The first-order chi connectivity index (χ1) is 10.4. The Hall–Kier alpha value is -1.84. The lowest BCUT2D eigenvalue weighted by atomic mass is 9.82. The molecule has 0 fully saturated rings. The van der Waals surface area contributed by atoms with Gasteiger partial charge in [0.25, 0.3) is 0 Å². The van der Waals surface area contributed by atoms with Gasteiger partial charge in [-0.25, -0.2) is 0 Å². The van der Waals surface area contributed by atoms with Gasteiger partial charge in [-0.3, -0.25) is 9.59 Å². The second-order valence-electron chi connectivity index (χ2n) is 7.99. The quantitative estimate of drug-likeness (QED) is 0.829. The minimum absolute atomic E-state index is 0.0681. The van der Waals surface area contributed by atoms with Crippen LogP contribution in [0.4, 0.5) is 5.69 Å². The van der Waals surface area contributed by atoms with Crippen molar-refractivity contribution in [1.29, 1.82) is 0 Å². The highest BCUT2D eigenvalue weighted by atomic mass is 16.2. The average molecular weight is 318 g/mol. The second-order valence-corrected chi connectivity index (χ2v) is 7.99. The number of anilines is 1. The molecule has 0 aromatic heterocycles. The predicted octanol–water partition coefficient (Wildman–Crippen LogP) is 3.83. The van der Waals surface area contributed by atoms with E-state index >= 15 is 0 Å². The third-order valence-corrected chi connectivity index (χ3v) is 3.61. The summed E-state index contributed by atoms with van der Waals surface area (Å²) in [6.07, 6.45) is 1.58. The molecule has 0 aliphatic carbocycles. The number of hydrogen-bond donors (Lipinski definition) is 2. The second kappa shape index (κ2) is 7.16. The number of rotatable bonds is 4. The SMILES string of the molecule is CCc1cccc(C)c1NC(=O)C(=O)NC(C)(C)CC(C)(C)C. The first kappa shape index (κ1) is 19.2. The third kappa shape index (κ3) is 6.05.